The van der Waals surface area contributed by atoms with Gasteiger partial charge in [-0.15, -0.1) is 0 Å². The lowest BCUT2D eigenvalue weighted by Crippen LogP contribution is -2.56. The lowest BCUT2D eigenvalue weighted by molar-refractivity contribution is -0.124. The fraction of sp³-hybridized carbons (Fsp3) is 0.462. The number of benzene rings is 2. The van der Waals surface area contributed by atoms with Crippen LogP contribution in [-0.4, -0.2) is 16.8 Å². The highest BCUT2D eigenvalue weighted by Crippen LogP contribution is 2.64. The Bertz CT molecular complexity index is 921. The van der Waals surface area contributed by atoms with Crippen molar-refractivity contribution in [3.05, 3.63) is 65.7 Å². The second kappa shape index (κ2) is 7.57. The summed E-state index contributed by atoms with van der Waals surface area (Å²) in [4.78, 5) is 13.3. The molecule has 4 bridgehead atoms. The molecule has 0 aromatic heterocycles. The molecule has 4 nitrogen and oxygen atoms in total. The maximum atomic E-state index is 13.3. The van der Waals surface area contributed by atoms with Gasteiger partial charge in [0.1, 0.15) is 0 Å². The molecule has 2 N–H and O–H groups in total. The monoisotopic (exact) mass is 402 g/mol. The third-order valence-corrected chi connectivity index (χ3v) is 8.10. The lowest BCUT2D eigenvalue weighted by Gasteiger charge is -2.61. The van der Waals surface area contributed by atoms with Gasteiger partial charge >= 0.3 is 0 Å². The molecule has 4 aliphatic rings. The molecule has 0 unspecified atom stereocenters. The molecule has 30 heavy (non-hydrogen) atoms. The Kier molecular flexibility index (Phi) is 4.88. The highest BCUT2D eigenvalue weighted by molar-refractivity contribution is 5.99. The third-order valence-electron chi connectivity index (χ3n) is 8.10. The van der Waals surface area contributed by atoms with Crippen molar-refractivity contribution in [2.75, 3.05) is 5.32 Å². The number of oxime groups is 1. The first-order valence-corrected chi connectivity index (χ1v) is 11.2. The molecule has 0 radical (unpaired) electrons. The maximum absolute atomic E-state index is 13.3. The van der Waals surface area contributed by atoms with E-state index in [1.54, 1.807) is 6.92 Å². The Morgan fingerprint density at radius 3 is 2.13 bits per heavy atom. The van der Waals surface area contributed by atoms with Crippen molar-refractivity contribution in [1.29, 1.82) is 0 Å². The van der Waals surface area contributed by atoms with E-state index in [4.69, 9.17) is 5.21 Å². The minimum Gasteiger partial charge on any atom is -0.411 e. The number of hydrogen-bond acceptors (Lipinski definition) is 3. The molecule has 1 amide bonds. The summed E-state index contributed by atoms with van der Waals surface area (Å²) < 4.78 is 0. The largest absolute Gasteiger partial charge is 0.411 e. The number of amides is 1. The van der Waals surface area contributed by atoms with Crippen LogP contribution in [0.2, 0.25) is 0 Å². The molecule has 6 rings (SSSR count). The molecule has 2 aromatic rings. The molecule has 4 aliphatic carbocycles. The topological polar surface area (TPSA) is 61.7 Å². The Labute approximate surface area is 178 Å². The highest BCUT2D eigenvalue weighted by Gasteiger charge is 2.58. The van der Waals surface area contributed by atoms with Crippen molar-refractivity contribution in [2.45, 2.75) is 50.9 Å². The summed E-state index contributed by atoms with van der Waals surface area (Å²) in [6, 6.07) is 18.4. The number of rotatable bonds is 5. The number of carbonyl (C=O) groups excluding carboxylic acids is 1. The van der Waals surface area contributed by atoms with Crippen LogP contribution in [0.5, 0.6) is 0 Å². The third kappa shape index (κ3) is 3.23. The van der Waals surface area contributed by atoms with E-state index in [-0.39, 0.29) is 11.3 Å². The lowest BCUT2D eigenvalue weighted by atomic mass is 9.43. The quantitative estimate of drug-likeness (QED) is 0.388. The van der Waals surface area contributed by atoms with Crippen molar-refractivity contribution in [2.24, 2.45) is 28.8 Å². The summed E-state index contributed by atoms with van der Waals surface area (Å²) in [5.41, 5.74) is 3.53. The molecular weight excluding hydrogens is 372 g/mol. The van der Waals surface area contributed by atoms with Crippen LogP contribution in [0.4, 0.5) is 5.69 Å². The van der Waals surface area contributed by atoms with Gasteiger partial charge in [0, 0.05) is 17.5 Å². The predicted molar refractivity (Wildman–Crippen MR) is 119 cm³/mol. The highest BCUT2D eigenvalue weighted by atomic mass is 16.4. The van der Waals surface area contributed by atoms with Crippen LogP contribution >= 0.6 is 0 Å². The van der Waals surface area contributed by atoms with Crippen LogP contribution in [0, 0.1) is 23.7 Å². The van der Waals surface area contributed by atoms with Gasteiger partial charge in [-0.3, -0.25) is 4.79 Å². The smallest absolute Gasteiger partial charge is 0.225 e. The van der Waals surface area contributed by atoms with Gasteiger partial charge in [-0.2, -0.15) is 0 Å². The van der Waals surface area contributed by atoms with E-state index >= 15 is 0 Å². The van der Waals surface area contributed by atoms with Crippen LogP contribution in [0.25, 0.3) is 0 Å². The van der Waals surface area contributed by atoms with Gasteiger partial charge in [-0.25, -0.2) is 0 Å². The normalized spacial score (nSPS) is 32.2. The molecule has 4 fully saturated rings. The Morgan fingerprint density at radius 1 is 0.967 bits per heavy atom. The van der Waals surface area contributed by atoms with E-state index < -0.39 is 0 Å². The van der Waals surface area contributed by atoms with E-state index in [0.717, 1.165) is 23.1 Å². The molecule has 156 valence electrons. The number of anilines is 1. The van der Waals surface area contributed by atoms with Crippen LogP contribution < -0.4 is 5.32 Å². The fourth-order valence-electron chi connectivity index (χ4n) is 6.96. The second-order valence-corrected chi connectivity index (χ2v) is 9.70. The van der Waals surface area contributed by atoms with E-state index in [1.807, 2.05) is 24.3 Å². The Balaban J connectivity index is 1.40. The molecule has 4 saturated carbocycles. The molecule has 0 spiro atoms. The van der Waals surface area contributed by atoms with E-state index in [2.05, 4.69) is 40.8 Å². The Hall–Kier alpha value is -2.62. The number of carbonyl (C=O) groups is 1. The maximum Gasteiger partial charge on any atom is 0.225 e. The summed E-state index contributed by atoms with van der Waals surface area (Å²) >= 11 is 0. The van der Waals surface area contributed by atoms with Gasteiger partial charge < -0.3 is 10.5 Å². The van der Waals surface area contributed by atoms with Gasteiger partial charge in [0.15, 0.2) is 0 Å². The molecule has 2 aromatic carbocycles. The summed E-state index contributed by atoms with van der Waals surface area (Å²) in [5.74, 6) is 3.08. The van der Waals surface area contributed by atoms with Gasteiger partial charge in [-0.05, 0) is 86.0 Å². The van der Waals surface area contributed by atoms with Crippen LogP contribution in [0.3, 0.4) is 0 Å². The van der Waals surface area contributed by atoms with Gasteiger partial charge in [0.05, 0.1) is 5.71 Å². The van der Waals surface area contributed by atoms with E-state index in [1.165, 1.54) is 37.7 Å². The van der Waals surface area contributed by atoms with Crippen LogP contribution in [0.1, 0.15) is 56.6 Å². The van der Waals surface area contributed by atoms with Gasteiger partial charge in [0.2, 0.25) is 5.91 Å². The molecule has 4 heteroatoms. The molecule has 0 atom stereocenters. The zero-order valence-electron chi connectivity index (χ0n) is 17.6. The standard InChI is InChI=1S/C26H30N2O2/c1-17(28-30)20-7-9-24(10-8-20)27-25(29)16-26(21-5-3-2-4-6-21)22-12-18-11-19(14-22)15-23(26)13-18/h2-10,18-19,22-23,30H,11-16H2,1H3,(H,27,29)/b28-17-. The van der Waals surface area contributed by atoms with Crippen molar-refractivity contribution in [3.8, 4) is 0 Å². The minimum absolute atomic E-state index is 0.0289. The van der Waals surface area contributed by atoms with Crippen LogP contribution in [-0.2, 0) is 10.2 Å². The fourth-order valence-corrected chi connectivity index (χ4v) is 6.96. The first kappa shape index (κ1) is 19.3. The van der Waals surface area contributed by atoms with Crippen molar-refractivity contribution < 1.29 is 10.0 Å². The van der Waals surface area contributed by atoms with Gasteiger partial charge in [0.25, 0.3) is 0 Å². The summed E-state index contributed by atoms with van der Waals surface area (Å²) in [6.07, 6.45) is 7.10. The first-order valence-electron chi connectivity index (χ1n) is 11.2. The molecular formula is C26H30N2O2. The molecule has 0 aliphatic heterocycles. The SMILES string of the molecule is C/C(=N/O)c1ccc(NC(=O)CC2(c3ccccc3)C3CC4CC(C3)CC2C4)cc1. The zero-order valence-corrected chi connectivity index (χ0v) is 17.6. The second-order valence-electron chi connectivity index (χ2n) is 9.70. The first-order chi connectivity index (χ1) is 14.6. The average molecular weight is 403 g/mol. The number of hydrogen-bond donors (Lipinski definition) is 2. The minimum atomic E-state index is -0.0289. The van der Waals surface area contributed by atoms with Crippen molar-refractivity contribution >= 4 is 17.3 Å². The molecule has 0 saturated heterocycles. The Morgan fingerprint density at radius 2 is 1.57 bits per heavy atom. The summed E-state index contributed by atoms with van der Waals surface area (Å²) in [6.45, 7) is 1.75. The van der Waals surface area contributed by atoms with E-state index in [9.17, 15) is 4.79 Å². The predicted octanol–water partition coefficient (Wildman–Crippen LogP) is 5.61. The van der Waals surface area contributed by atoms with Crippen molar-refractivity contribution in [1.82, 2.24) is 0 Å². The van der Waals surface area contributed by atoms with Crippen molar-refractivity contribution in [3.63, 3.8) is 0 Å². The van der Waals surface area contributed by atoms with Gasteiger partial charge in [-0.1, -0.05) is 47.6 Å². The van der Waals surface area contributed by atoms with Crippen LogP contribution in [0.15, 0.2) is 59.8 Å². The number of nitrogens with one attached hydrogen (secondary N) is 1. The zero-order chi connectivity index (χ0) is 20.7. The number of nitrogens with zero attached hydrogens (tertiary/aromatic N) is 1. The summed E-state index contributed by atoms with van der Waals surface area (Å²) in [7, 11) is 0. The average Bonchev–Trinajstić information content (AvgIpc) is 2.76. The van der Waals surface area contributed by atoms with E-state index in [0.29, 0.717) is 24.0 Å². The molecule has 0 heterocycles. The summed E-state index contributed by atoms with van der Waals surface area (Å²) in [5, 5.41) is 15.3.